The van der Waals surface area contributed by atoms with Gasteiger partial charge in [-0.2, -0.15) is 0 Å². The van der Waals surface area contributed by atoms with E-state index >= 15 is 0 Å². The summed E-state index contributed by atoms with van der Waals surface area (Å²) >= 11 is 0. The average Bonchev–Trinajstić information content (AvgIpc) is 2.74. The molecule has 11 aliphatic rings. The molecule has 0 aromatic heterocycles. The van der Waals surface area contributed by atoms with Gasteiger partial charge < -0.3 is 0 Å². The second-order valence-electron chi connectivity index (χ2n) is 15.6. The zero-order chi connectivity index (χ0) is 23.9. The Morgan fingerprint density at radius 1 is 0.757 bits per heavy atom. The van der Waals surface area contributed by atoms with Crippen molar-refractivity contribution in [2.75, 3.05) is 0 Å². The van der Waals surface area contributed by atoms with Gasteiger partial charge in [-0.3, -0.25) is 0 Å². The first kappa shape index (κ1) is 21.3. The van der Waals surface area contributed by atoms with E-state index in [1.54, 1.807) is 55.2 Å². The minimum Gasteiger partial charge on any atom is -0.125 e. The summed E-state index contributed by atoms with van der Waals surface area (Å²) in [5, 5.41) is 0. The summed E-state index contributed by atoms with van der Waals surface area (Å²) in [6.45, 7) is 0. The van der Waals surface area contributed by atoms with Crippen molar-refractivity contribution < 1.29 is 0 Å². The minimum absolute atomic E-state index is 0.726. The predicted octanol–water partition coefficient (Wildman–Crippen LogP) is 8.99. The predicted molar refractivity (Wildman–Crippen MR) is 149 cm³/mol. The lowest BCUT2D eigenvalue weighted by Gasteiger charge is -2.80. The Hall–Kier alpha value is -1.52. The molecule has 0 aliphatic heterocycles. The van der Waals surface area contributed by atoms with Gasteiger partial charge >= 0.3 is 0 Å². The molecule has 11 unspecified atom stereocenters. The molecule has 11 rings (SSSR count). The van der Waals surface area contributed by atoms with E-state index in [0.29, 0.717) is 0 Å². The molecule has 0 heteroatoms. The van der Waals surface area contributed by atoms with E-state index in [1.165, 1.54) is 44.9 Å². The molecule has 6 saturated carbocycles. The van der Waals surface area contributed by atoms with Crippen LogP contribution in [0.25, 0.3) is 0 Å². The van der Waals surface area contributed by atoms with Crippen LogP contribution in [-0.4, -0.2) is 0 Å². The molecule has 0 saturated heterocycles. The van der Waals surface area contributed by atoms with Crippen LogP contribution in [0.4, 0.5) is 0 Å². The highest BCUT2D eigenvalue weighted by atomic mass is 14.8. The van der Waals surface area contributed by atoms with Crippen LogP contribution in [0.3, 0.4) is 0 Å². The van der Waals surface area contributed by atoms with Gasteiger partial charge in [-0.25, -0.2) is 0 Å². The van der Waals surface area contributed by atoms with Gasteiger partial charge in [0, 0.05) is 12.3 Å². The minimum atomic E-state index is 0.726. The van der Waals surface area contributed by atoms with Crippen LogP contribution in [0.2, 0.25) is 0 Å². The van der Waals surface area contributed by atoms with Gasteiger partial charge in [-0.05, 0) is 170 Å². The zero-order valence-electron chi connectivity index (χ0n) is 22.6. The van der Waals surface area contributed by atoms with E-state index in [1.807, 2.05) is 5.57 Å². The molecule has 11 atom stereocenters. The van der Waals surface area contributed by atoms with Gasteiger partial charge in [0.1, 0.15) is 0 Å². The normalized spacial score (nSPS) is 55.4. The highest BCUT2D eigenvalue weighted by Crippen LogP contribution is 2.82. The number of fused-ring (bicyclic) bond motifs is 2. The summed E-state index contributed by atoms with van der Waals surface area (Å²) in [5.74, 6) is 11.8. The Labute approximate surface area is 224 Å². The zero-order valence-corrected chi connectivity index (χ0v) is 22.6. The molecule has 1 spiro atoms. The van der Waals surface area contributed by atoms with E-state index in [9.17, 15) is 0 Å². The third-order valence-electron chi connectivity index (χ3n) is 14.9. The van der Waals surface area contributed by atoms with Crippen molar-refractivity contribution in [3.05, 3.63) is 64.5 Å². The second-order valence-corrected chi connectivity index (χ2v) is 15.6. The topological polar surface area (TPSA) is 0 Å². The van der Waals surface area contributed by atoms with Crippen molar-refractivity contribution in [3.8, 4) is 0 Å². The van der Waals surface area contributed by atoms with Gasteiger partial charge in [-0.1, -0.05) is 36.0 Å². The van der Waals surface area contributed by atoms with Gasteiger partial charge in [0.25, 0.3) is 0 Å². The standard InChI is InChI=1S/C37H44/c1-3-22(4-1)34-20-37-26(19-36(34)37)18-35(37)33-14-13-32(33)31-12-11-30(31)29-6-2-5-23-7-9-27(23)25-16-21(17-25)15-24-8-10-28(24)29/h1-2,6-7,11-12,21,24-29,32-36H,3,5,8-10,13-20H2. The lowest BCUT2D eigenvalue weighted by Crippen LogP contribution is -2.74. The van der Waals surface area contributed by atoms with Crippen LogP contribution >= 0.6 is 0 Å². The second kappa shape index (κ2) is 7.36. The molecule has 11 aliphatic carbocycles. The maximum Gasteiger partial charge on any atom is 0.00518 e. The Morgan fingerprint density at radius 2 is 1.59 bits per heavy atom. The first-order valence-corrected chi connectivity index (χ1v) is 16.5. The molecule has 0 N–H and O–H groups in total. The van der Waals surface area contributed by atoms with Crippen LogP contribution in [0, 0.1) is 76.4 Å². The fourth-order valence-electron chi connectivity index (χ4n) is 12.3. The third kappa shape index (κ3) is 2.64. The molecule has 37 heavy (non-hydrogen) atoms. The van der Waals surface area contributed by atoms with Gasteiger partial charge in [-0.15, -0.1) is 5.73 Å². The molecule has 0 aromatic carbocycles. The Morgan fingerprint density at radius 3 is 2.22 bits per heavy atom. The average molecular weight is 489 g/mol. The summed E-state index contributed by atoms with van der Waals surface area (Å²) in [7, 11) is 0. The third-order valence-corrected chi connectivity index (χ3v) is 14.9. The van der Waals surface area contributed by atoms with Crippen molar-refractivity contribution in [3.63, 3.8) is 0 Å². The summed E-state index contributed by atoms with van der Waals surface area (Å²) in [6.07, 6.45) is 34.6. The van der Waals surface area contributed by atoms with Crippen LogP contribution < -0.4 is 0 Å². The van der Waals surface area contributed by atoms with Crippen molar-refractivity contribution in [1.29, 1.82) is 0 Å². The van der Waals surface area contributed by atoms with Crippen LogP contribution in [-0.2, 0) is 0 Å². The lowest BCUT2D eigenvalue weighted by atomic mass is 9.24. The summed E-state index contributed by atoms with van der Waals surface area (Å²) in [5.41, 5.74) is 11.5. The smallest absolute Gasteiger partial charge is 0.00518 e. The van der Waals surface area contributed by atoms with E-state index in [4.69, 9.17) is 0 Å². The fourth-order valence-corrected chi connectivity index (χ4v) is 12.3. The van der Waals surface area contributed by atoms with E-state index in [-0.39, 0.29) is 0 Å². The number of hydrogen-bond donors (Lipinski definition) is 0. The van der Waals surface area contributed by atoms with Gasteiger partial charge in [0.05, 0.1) is 0 Å². The number of hydrogen-bond acceptors (Lipinski definition) is 0. The summed E-state index contributed by atoms with van der Waals surface area (Å²) < 4.78 is 0. The van der Waals surface area contributed by atoms with Crippen LogP contribution in [0.15, 0.2) is 64.5 Å². The van der Waals surface area contributed by atoms with Crippen LogP contribution in [0.5, 0.6) is 0 Å². The van der Waals surface area contributed by atoms with Crippen molar-refractivity contribution in [2.24, 2.45) is 76.4 Å². The molecule has 0 nitrogen and oxygen atoms in total. The number of rotatable bonds is 4. The maximum absolute atomic E-state index is 3.57. The highest BCUT2D eigenvalue weighted by molar-refractivity contribution is 5.51. The summed E-state index contributed by atoms with van der Waals surface area (Å²) in [6, 6.07) is 0. The molecule has 0 aromatic rings. The van der Waals surface area contributed by atoms with Crippen LogP contribution in [0.1, 0.15) is 83.5 Å². The molecule has 0 radical (unpaired) electrons. The lowest BCUT2D eigenvalue weighted by molar-refractivity contribution is -0.310. The fraction of sp³-hybridized carbons (Fsp3) is 0.703. The quantitative estimate of drug-likeness (QED) is 0.273. The molecule has 2 bridgehead atoms. The van der Waals surface area contributed by atoms with Crippen molar-refractivity contribution in [2.45, 2.75) is 83.5 Å². The Kier molecular flexibility index (Phi) is 4.24. The molecule has 0 heterocycles. The monoisotopic (exact) mass is 488 g/mol. The Balaban J connectivity index is 0.907. The SMILES string of the molecule is C1=CCC=1C1CC23C(CC12)CC3C1CCC1C1=C(C2C=CCC3=CCC3C3CC(C3)CC3CCC32)C=C1. The largest absolute Gasteiger partial charge is 0.125 e. The summed E-state index contributed by atoms with van der Waals surface area (Å²) in [4.78, 5) is 0. The van der Waals surface area contributed by atoms with E-state index in [2.05, 4.69) is 42.2 Å². The highest BCUT2D eigenvalue weighted by Gasteiger charge is 2.76. The molecule has 0 amide bonds. The molecular formula is C37H44. The van der Waals surface area contributed by atoms with Gasteiger partial charge in [0.2, 0.25) is 0 Å². The van der Waals surface area contributed by atoms with Gasteiger partial charge in [0.15, 0.2) is 0 Å². The molecule has 192 valence electrons. The first-order chi connectivity index (χ1) is 18.3. The Bertz CT molecular complexity index is 1240. The molecular weight excluding hydrogens is 444 g/mol. The molecule has 6 fully saturated rings. The van der Waals surface area contributed by atoms with E-state index < -0.39 is 0 Å². The van der Waals surface area contributed by atoms with Crippen molar-refractivity contribution in [1.82, 2.24) is 0 Å². The van der Waals surface area contributed by atoms with E-state index in [0.717, 1.165) is 76.4 Å². The van der Waals surface area contributed by atoms with Crippen molar-refractivity contribution >= 4 is 0 Å². The first-order valence-electron chi connectivity index (χ1n) is 16.5. The number of allylic oxidation sites excluding steroid dienone is 9. The maximum atomic E-state index is 3.57.